The average molecular weight is 387 g/mol. The van der Waals surface area contributed by atoms with Crippen molar-refractivity contribution in [1.29, 1.82) is 0 Å². The van der Waals surface area contributed by atoms with Crippen molar-refractivity contribution >= 4 is 29.0 Å². The minimum atomic E-state index is -0.297. The lowest BCUT2D eigenvalue weighted by molar-refractivity contribution is 0.102. The van der Waals surface area contributed by atoms with E-state index in [9.17, 15) is 9.59 Å². The first-order valence-corrected chi connectivity index (χ1v) is 9.68. The highest BCUT2D eigenvalue weighted by molar-refractivity contribution is 6.32. The normalized spacial score (nSPS) is 17.8. The predicted molar refractivity (Wildman–Crippen MR) is 107 cm³/mol. The Kier molecular flexibility index (Phi) is 4.46. The minimum absolute atomic E-state index is 0.268. The Morgan fingerprint density at radius 3 is 2.59 bits per heavy atom. The lowest BCUT2D eigenvalue weighted by Gasteiger charge is -2.34. The SMILES string of the molecule is Cc1nc(N2CCC3(CC2)CC3)c(C(=O)Nc2cc[nH]c(=O)c2)c(C)c1Cl. The Hall–Kier alpha value is -2.34. The van der Waals surface area contributed by atoms with Crippen molar-refractivity contribution in [3.8, 4) is 0 Å². The molecule has 2 aromatic heterocycles. The van der Waals surface area contributed by atoms with E-state index in [1.807, 2.05) is 13.8 Å². The number of rotatable bonds is 3. The molecule has 0 bridgehead atoms. The molecule has 1 aliphatic carbocycles. The number of carbonyl (C=O) groups excluding carboxylic acids is 1. The van der Waals surface area contributed by atoms with Crippen LogP contribution in [0.4, 0.5) is 11.5 Å². The molecule has 0 radical (unpaired) electrons. The smallest absolute Gasteiger partial charge is 0.259 e. The zero-order chi connectivity index (χ0) is 19.2. The summed E-state index contributed by atoms with van der Waals surface area (Å²) in [6, 6.07) is 3.00. The van der Waals surface area contributed by atoms with Crippen LogP contribution in [0.3, 0.4) is 0 Å². The monoisotopic (exact) mass is 386 g/mol. The third kappa shape index (κ3) is 3.46. The summed E-state index contributed by atoms with van der Waals surface area (Å²) < 4.78 is 0. The fourth-order valence-corrected chi connectivity index (χ4v) is 4.04. The van der Waals surface area contributed by atoms with Crippen molar-refractivity contribution in [1.82, 2.24) is 9.97 Å². The van der Waals surface area contributed by atoms with Crippen LogP contribution in [0.2, 0.25) is 5.02 Å². The Morgan fingerprint density at radius 2 is 1.96 bits per heavy atom. The molecular formula is C20H23ClN4O2. The molecule has 2 fully saturated rings. The molecule has 2 aliphatic rings. The van der Waals surface area contributed by atoms with E-state index in [2.05, 4.69) is 20.2 Å². The summed E-state index contributed by atoms with van der Waals surface area (Å²) >= 11 is 6.41. The van der Waals surface area contributed by atoms with Crippen LogP contribution in [-0.2, 0) is 0 Å². The largest absolute Gasteiger partial charge is 0.356 e. The van der Waals surface area contributed by atoms with Gasteiger partial charge in [0, 0.05) is 31.0 Å². The van der Waals surface area contributed by atoms with Crippen LogP contribution < -0.4 is 15.8 Å². The molecule has 1 saturated carbocycles. The van der Waals surface area contributed by atoms with Gasteiger partial charge in [-0.2, -0.15) is 0 Å². The molecule has 2 N–H and O–H groups in total. The number of pyridine rings is 2. The van der Waals surface area contributed by atoms with Crippen molar-refractivity contribution in [3.63, 3.8) is 0 Å². The summed E-state index contributed by atoms with van der Waals surface area (Å²) in [4.78, 5) is 34.0. The molecule has 27 heavy (non-hydrogen) atoms. The van der Waals surface area contributed by atoms with E-state index >= 15 is 0 Å². The highest BCUT2D eigenvalue weighted by atomic mass is 35.5. The van der Waals surface area contributed by atoms with E-state index in [-0.39, 0.29) is 11.5 Å². The highest BCUT2D eigenvalue weighted by Gasteiger charge is 2.45. The molecule has 6 nitrogen and oxygen atoms in total. The van der Waals surface area contributed by atoms with Gasteiger partial charge in [-0.15, -0.1) is 0 Å². The first kappa shape index (κ1) is 18.0. The second-order valence-electron chi connectivity index (χ2n) is 7.72. The number of aromatic nitrogens is 2. The summed E-state index contributed by atoms with van der Waals surface area (Å²) in [5.41, 5.74) is 2.65. The first-order chi connectivity index (χ1) is 12.9. The topological polar surface area (TPSA) is 78.1 Å². The van der Waals surface area contributed by atoms with E-state index in [4.69, 9.17) is 11.6 Å². The number of anilines is 2. The van der Waals surface area contributed by atoms with Gasteiger partial charge in [-0.25, -0.2) is 4.98 Å². The Bertz CT molecular complexity index is 955. The molecule has 0 atom stereocenters. The molecule has 4 rings (SSSR count). The van der Waals surface area contributed by atoms with Crippen LogP contribution in [0.15, 0.2) is 23.1 Å². The number of piperidine rings is 1. The molecule has 3 heterocycles. The molecule has 1 aliphatic heterocycles. The van der Waals surface area contributed by atoms with Gasteiger partial charge in [-0.3, -0.25) is 9.59 Å². The van der Waals surface area contributed by atoms with Gasteiger partial charge >= 0.3 is 0 Å². The quantitative estimate of drug-likeness (QED) is 0.843. The van der Waals surface area contributed by atoms with E-state index < -0.39 is 0 Å². The lowest BCUT2D eigenvalue weighted by Crippen LogP contribution is -2.36. The highest BCUT2D eigenvalue weighted by Crippen LogP contribution is 2.54. The van der Waals surface area contributed by atoms with Crippen LogP contribution >= 0.6 is 11.6 Å². The van der Waals surface area contributed by atoms with Gasteiger partial charge in [0.15, 0.2) is 0 Å². The average Bonchev–Trinajstić information content (AvgIpc) is 3.39. The fraction of sp³-hybridized carbons (Fsp3) is 0.450. The van der Waals surface area contributed by atoms with Crippen LogP contribution in [0.25, 0.3) is 0 Å². The fourth-order valence-electron chi connectivity index (χ4n) is 3.90. The van der Waals surface area contributed by atoms with Gasteiger partial charge < -0.3 is 15.2 Å². The van der Waals surface area contributed by atoms with Crippen LogP contribution in [0.1, 0.15) is 47.3 Å². The van der Waals surface area contributed by atoms with Crippen molar-refractivity contribution in [2.24, 2.45) is 5.41 Å². The number of carbonyl (C=O) groups is 1. The number of nitrogens with zero attached hydrogens (tertiary/aromatic N) is 2. The number of halogens is 1. The third-order valence-electron chi connectivity index (χ3n) is 5.86. The van der Waals surface area contributed by atoms with Gasteiger partial charge in [-0.1, -0.05) is 11.6 Å². The van der Waals surface area contributed by atoms with Crippen LogP contribution in [-0.4, -0.2) is 29.0 Å². The maximum absolute atomic E-state index is 13.1. The summed E-state index contributed by atoms with van der Waals surface area (Å²) in [5.74, 6) is 0.390. The number of aryl methyl sites for hydroxylation is 1. The van der Waals surface area contributed by atoms with Crippen molar-refractivity contribution in [2.75, 3.05) is 23.3 Å². The summed E-state index contributed by atoms with van der Waals surface area (Å²) in [6.45, 7) is 5.51. The molecule has 7 heteroatoms. The van der Waals surface area contributed by atoms with E-state index in [1.165, 1.54) is 25.1 Å². The minimum Gasteiger partial charge on any atom is -0.356 e. The van der Waals surface area contributed by atoms with E-state index in [1.54, 1.807) is 6.07 Å². The molecule has 0 unspecified atom stereocenters. The lowest BCUT2D eigenvalue weighted by atomic mass is 9.93. The molecule has 1 spiro atoms. The van der Waals surface area contributed by atoms with Crippen molar-refractivity contribution in [2.45, 2.75) is 39.5 Å². The maximum Gasteiger partial charge on any atom is 0.259 e. The second-order valence-corrected chi connectivity index (χ2v) is 8.10. The number of nitrogens with one attached hydrogen (secondary N) is 2. The van der Waals surface area contributed by atoms with Gasteiger partial charge in [-0.05, 0) is 56.6 Å². The van der Waals surface area contributed by atoms with Crippen molar-refractivity contribution in [3.05, 3.63) is 50.5 Å². The van der Waals surface area contributed by atoms with Gasteiger partial charge in [0.05, 0.1) is 16.3 Å². The second kappa shape index (κ2) is 6.68. The Balaban J connectivity index is 1.68. The van der Waals surface area contributed by atoms with E-state index in [0.29, 0.717) is 33.1 Å². The molecular weight excluding hydrogens is 364 g/mol. The molecule has 0 aromatic carbocycles. The Labute approximate surface area is 163 Å². The van der Waals surface area contributed by atoms with Gasteiger partial charge in [0.2, 0.25) is 5.56 Å². The summed E-state index contributed by atoms with van der Waals surface area (Å²) in [7, 11) is 0. The number of hydrogen-bond acceptors (Lipinski definition) is 4. The van der Waals surface area contributed by atoms with E-state index in [0.717, 1.165) is 31.6 Å². The number of aromatic amines is 1. The first-order valence-electron chi connectivity index (χ1n) is 9.30. The van der Waals surface area contributed by atoms with Gasteiger partial charge in [0.25, 0.3) is 5.91 Å². The van der Waals surface area contributed by atoms with Gasteiger partial charge in [0.1, 0.15) is 5.82 Å². The summed E-state index contributed by atoms with van der Waals surface area (Å²) in [6.07, 6.45) is 6.44. The molecule has 142 valence electrons. The molecule has 1 amide bonds. The standard InChI is InChI=1S/C20H23ClN4O2/c1-12-16(19(27)24-14-3-8-22-15(26)11-14)18(23-13(2)17(12)21)25-9-6-20(4-5-20)7-10-25/h3,8,11H,4-7,9-10H2,1-2H3,(H2,22,24,26,27). The summed E-state index contributed by atoms with van der Waals surface area (Å²) in [5, 5.41) is 3.32. The number of H-pyrrole nitrogens is 1. The zero-order valence-electron chi connectivity index (χ0n) is 15.6. The predicted octanol–water partition coefficient (Wildman–Crippen LogP) is 3.67. The molecule has 2 aromatic rings. The number of amides is 1. The zero-order valence-corrected chi connectivity index (χ0v) is 16.3. The number of hydrogen-bond donors (Lipinski definition) is 2. The maximum atomic E-state index is 13.1. The van der Waals surface area contributed by atoms with Crippen molar-refractivity contribution < 1.29 is 4.79 Å². The molecule has 1 saturated heterocycles. The van der Waals surface area contributed by atoms with Crippen LogP contribution in [0.5, 0.6) is 0 Å². The third-order valence-corrected chi connectivity index (χ3v) is 6.42. The van der Waals surface area contributed by atoms with Crippen LogP contribution in [0, 0.1) is 19.3 Å². The Morgan fingerprint density at radius 1 is 1.26 bits per heavy atom.